The number of ether oxygens (including phenoxy) is 4. The summed E-state index contributed by atoms with van der Waals surface area (Å²) in [7, 11) is 3.23. The van der Waals surface area contributed by atoms with Crippen LogP contribution in [0.4, 0.5) is 0 Å². The normalized spacial score (nSPS) is 14.2. The molecule has 4 rings (SSSR count). The van der Waals surface area contributed by atoms with E-state index in [-0.39, 0.29) is 5.91 Å². The van der Waals surface area contributed by atoms with E-state index < -0.39 is 0 Å². The molecule has 1 amide bonds. The van der Waals surface area contributed by atoms with Gasteiger partial charge in [0, 0.05) is 25.9 Å². The third-order valence-electron chi connectivity index (χ3n) is 6.39. The predicted octanol–water partition coefficient (Wildman–Crippen LogP) is 4.97. The van der Waals surface area contributed by atoms with E-state index in [1.165, 1.54) is 11.1 Å². The summed E-state index contributed by atoms with van der Waals surface area (Å²) in [5, 5.41) is 0. The van der Waals surface area contributed by atoms with Gasteiger partial charge in [0.15, 0.2) is 11.5 Å². The number of carbonyl (C=O) groups is 1. The second-order valence-corrected chi connectivity index (χ2v) is 9.07. The molecular formula is C30H35NO5. The average molecular weight is 490 g/mol. The molecule has 190 valence electrons. The zero-order valence-corrected chi connectivity index (χ0v) is 21.4. The minimum absolute atomic E-state index is 0.100. The van der Waals surface area contributed by atoms with Gasteiger partial charge in [-0.3, -0.25) is 4.79 Å². The van der Waals surface area contributed by atoms with Crippen molar-refractivity contribution in [1.82, 2.24) is 4.90 Å². The Morgan fingerprint density at radius 2 is 1.75 bits per heavy atom. The van der Waals surface area contributed by atoms with Crippen LogP contribution in [0.15, 0.2) is 60.7 Å². The molecule has 3 aromatic rings. The van der Waals surface area contributed by atoms with Gasteiger partial charge in [0.2, 0.25) is 5.91 Å². The van der Waals surface area contributed by atoms with E-state index in [0.717, 1.165) is 28.9 Å². The van der Waals surface area contributed by atoms with E-state index in [1.807, 2.05) is 29.2 Å². The number of benzene rings is 3. The van der Waals surface area contributed by atoms with E-state index >= 15 is 0 Å². The van der Waals surface area contributed by atoms with Crippen LogP contribution in [0.25, 0.3) is 0 Å². The number of aryl methyl sites for hydroxylation is 2. The van der Waals surface area contributed by atoms with Crippen LogP contribution in [0.2, 0.25) is 0 Å². The van der Waals surface area contributed by atoms with E-state index in [2.05, 4.69) is 43.3 Å². The Balaban J connectivity index is 1.49. The number of fused-ring (bicyclic) bond motifs is 3. The van der Waals surface area contributed by atoms with Crippen molar-refractivity contribution in [3.8, 4) is 17.2 Å². The lowest BCUT2D eigenvalue weighted by atomic mass is 10.00. The van der Waals surface area contributed by atoms with Crippen molar-refractivity contribution in [3.05, 3.63) is 88.5 Å². The Morgan fingerprint density at radius 3 is 2.58 bits per heavy atom. The molecule has 1 heterocycles. The Bertz CT molecular complexity index is 1180. The van der Waals surface area contributed by atoms with Crippen molar-refractivity contribution in [1.29, 1.82) is 0 Å². The van der Waals surface area contributed by atoms with E-state index in [4.69, 9.17) is 18.9 Å². The Labute approximate surface area is 213 Å². The fraction of sp³-hybridized carbons (Fsp3) is 0.367. The minimum Gasteiger partial charge on any atom is -0.493 e. The molecule has 0 spiro atoms. The minimum atomic E-state index is 0.100. The van der Waals surface area contributed by atoms with Gasteiger partial charge in [-0.25, -0.2) is 0 Å². The summed E-state index contributed by atoms with van der Waals surface area (Å²) >= 11 is 0. The standard InChI is InChI=1S/C30H35NO5/c1-22-7-10-27-26(17-22)19-24-5-4-6-25(18-24)21-31(13-14-35-15-16-36-27)30(32)12-9-23-8-11-28(33-2)29(20-23)34-3/h4-8,10-11,17-18,20H,9,12-16,19,21H2,1-3H3. The smallest absolute Gasteiger partial charge is 0.223 e. The molecule has 0 saturated heterocycles. The van der Waals surface area contributed by atoms with Crippen molar-refractivity contribution in [2.45, 2.75) is 32.7 Å². The average Bonchev–Trinajstić information content (AvgIpc) is 2.89. The first-order valence-corrected chi connectivity index (χ1v) is 12.4. The molecule has 6 heteroatoms. The first kappa shape index (κ1) is 25.6. The van der Waals surface area contributed by atoms with Crippen molar-refractivity contribution >= 4 is 5.91 Å². The van der Waals surface area contributed by atoms with Crippen LogP contribution in [0.3, 0.4) is 0 Å². The number of nitrogens with zero attached hydrogens (tertiary/aromatic N) is 1. The molecule has 0 N–H and O–H groups in total. The van der Waals surface area contributed by atoms with Crippen LogP contribution in [-0.4, -0.2) is 51.4 Å². The van der Waals surface area contributed by atoms with Crippen molar-refractivity contribution < 1.29 is 23.7 Å². The first-order valence-electron chi connectivity index (χ1n) is 12.4. The lowest BCUT2D eigenvalue weighted by molar-refractivity contribution is -0.132. The zero-order chi connectivity index (χ0) is 25.3. The van der Waals surface area contributed by atoms with Gasteiger partial charge in [0.1, 0.15) is 12.4 Å². The molecule has 36 heavy (non-hydrogen) atoms. The molecule has 0 unspecified atom stereocenters. The van der Waals surface area contributed by atoms with Crippen LogP contribution in [-0.2, 0) is 28.9 Å². The van der Waals surface area contributed by atoms with E-state index in [1.54, 1.807) is 14.2 Å². The van der Waals surface area contributed by atoms with Gasteiger partial charge in [-0.1, -0.05) is 48.0 Å². The highest BCUT2D eigenvalue weighted by Gasteiger charge is 2.16. The number of rotatable bonds is 5. The zero-order valence-electron chi connectivity index (χ0n) is 21.4. The molecule has 1 aliphatic heterocycles. The highest BCUT2D eigenvalue weighted by atomic mass is 16.5. The predicted molar refractivity (Wildman–Crippen MR) is 140 cm³/mol. The summed E-state index contributed by atoms with van der Waals surface area (Å²) in [6.07, 6.45) is 1.81. The van der Waals surface area contributed by atoms with Gasteiger partial charge in [0.25, 0.3) is 0 Å². The summed E-state index contributed by atoms with van der Waals surface area (Å²) in [6.45, 7) is 4.60. The van der Waals surface area contributed by atoms with Gasteiger partial charge in [-0.15, -0.1) is 0 Å². The molecule has 0 aliphatic carbocycles. The molecule has 2 bridgehead atoms. The lowest BCUT2D eigenvalue weighted by Gasteiger charge is -2.24. The highest BCUT2D eigenvalue weighted by molar-refractivity contribution is 5.76. The van der Waals surface area contributed by atoms with Crippen LogP contribution in [0.1, 0.15) is 34.2 Å². The number of methoxy groups -OCH3 is 2. The Morgan fingerprint density at radius 1 is 0.917 bits per heavy atom. The largest absolute Gasteiger partial charge is 0.493 e. The summed E-state index contributed by atoms with van der Waals surface area (Å²) < 4.78 is 22.6. The van der Waals surface area contributed by atoms with Gasteiger partial charge in [-0.2, -0.15) is 0 Å². The SMILES string of the molecule is COc1ccc(CCC(=O)N2CCOCCOc3ccc(C)cc3Cc3cccc(c3)C2)cc1OC. The highest BCUT2D eigenvalue weighted by Crippen LogP contribution is 2.28. The van der Waals surface area contributed by atoms with Crippen LogP contribution in [0.5, 0.6) is 17.2 Å². The fourth-order valence-electron chi connectivity index (χ4n) is 4.49. The summed E-state index contributed by atoms with van der Waals surface area (Å²) in [5.74, 6) is 2.35. The number of hydrogen-bond donors (Lipinski definition) is 0. The van der Waals surface area contributed by atoms with Gasteiger partial charge in [0.05, 0.1) is 27.4 Å². The Kier molecular flexibility index (Phi) is 8.85. The Hall–Kier alpha value is -3.51. The lowest BCUT2D eigenvalue weighted by Crippen LogP contribution is -2.34. The van der Waals surface area contributed by atoms with Crippen molar-refractivity contribution in [3.63, 3.8) is 0 Å². The molecular weight excluding hydrogens is 454 g/mol. The maximum Gasteiger partial charge on any atom is 0.223 e. The number of carbonyl (C=O) groups excluding carboxylic acids is 1. The van der Waals surface area contributed by atoms with Crippen molar-refractivity contribution in [2.24, 2.45) is 0 Å². The van der Waals surface area contributed by atoms with E-state index in [0.29, 0.717) is 57.3 Å². The van der Waals surface area contributed by atoms with Crippen LogP contribution < -0.4 is 14.2 Å². The molecule has 3 aromatic carbocycles. The summed E-state index contributed by atoms with van der Waals surface area (Å²) in [5.41, 5.74) is 5.71. The number of amides is 1. The molecule has 0 saturated carbocycles. The van der Waals surface area contributed by atoms with Gasteiger partial charge in [-0.05, 0) is 53.8 Å². The third kappa shape index (κ3) is 6.79. The molecule has 1 aliphatic rings. The quantitative estimate of drug-likeness (QED) is 0.506. The monoisotopic (exact) mass is 489 g/mol. The first-order chi connectivity index (χ1) is 17.6. The third-order valence-corrected chi connectivity index (χ3v) is 6.39. The summed E-state index contributed by atoms with van der Waals surface area (Å²) in [4.78, 5) is 15.2. The van der Waals surface area contributed by atoms with Crippen molar-refractivity contribution in [2.75, 3.05) is 40.6 Å². The maximum atomic E-state index is 13.3. The molecule has 6 nitrogen and oxygen atoms in total. The fourth-order valence-corrected chi connectivity index (χ4v) is 4.49. The van der Waals surface area contributed by atoms with Crippen LogP contribution >= 0.6 is 0 Å². The van der Waals surface area contributed by atoms with Crippen LogP contribution in [0, 0.1) is 6.92 Å². The molecule has 0 atom stereocenters. The maximum absolute atomic E-state index is 13.3. The van der Waals surface area contributed by atoms with E-state index in [9.17, 15) is 4.79 Å². The molecule has 0 aromatic heterocycles. The second-order valence-electron chi connectivity index (χ2n) is 9.07. The van der Waals surface area contributed by atoms with Gasteiger partial charge < -0.3 is 23.8 Å². The second kappa shape index (κ2) is 12.5. The molecule has 0 fully saturated rings. The van der Waals surface area contributed by atoms with Gasteiger partial charge >= 0.3 is 0 Å². The molecule has 0 radical (unpaired) electrons. The number of hydrogen-bond acceptors (Lipinski definition) is 5. The summed E-state index contributed by atoms with van der Waals surface area (Å²) in [6, 6.07) is 20.5. The topological polar surface area (TPSA) is 57.2 Å².